The molecule has 0 bridgehead atoms. The zero-order valence-electron chi connectivity index (χ0n) is 17.7. The van der Waals surface area contributed by atoms with Crippen LogP contribution in [0.4, 0.5) is 10.5 Å². The number of imidazole rings is 1. The lowest BCUT2D eigenvalue weighted by Crippen LogP contribution is -2.23. The van der Waals surface area contributed by atoms with Crippen LogP contribution in [0, 0.1) is 0 Å². The number of para-hydroxylation sites is 4. The van der Waals surface area contributed by atoms with Gasteiger partial charge in [-0.3, -0.25) is 24.0 Å². The molecule has 0 fully saturated rings. The van der Waals surface area contributed by atoms with Gasteiger partial charge in [-0.15, -0.1) is 0 Å². The molecule has 6 rings (SSSR count). The molecule has 1 aliphatic rings. The summed E-state index contributed by atoms with van der Waals surface area (Å²) in [5.41, 5.74) is 3.50. The van der Waals surface area contributed by atoms with E-state index in [2.05, 4.69) is 15.6 Å². The number of benzene rings is 3. The lowest BCUT2D eigenvalue weighted by atomic mass is 10.0. The first-order valence-corrected chi connectivity index (χ1v) is 10.6. The van der Waals surface area contributed by atoms with Gasteiger partial charge in [0.15, 0.2) is 0 Å². The van der Waals surface area contributed by atoms with Gasteiger partial charge in [0.25, 0.3) is 11.8 Å². The highest BCUT2D eigenvalue weighted by atomic mass is 16.2. The summed E-state index contributed by atoms with van der Waals surface area (Å²) < 4.78 is 3.06. The van der Waals surface area contributed by atoms with E-state index in [0.29, 0.717) is 33.2 Å². The number of aromatic nitrogens is 3. The first-order chi connectivity index (χ1) is 16.6. The Morgan fingerprint density at radius 1 is 0.824 bits per heavy atom. The second kappa shape index (κ2) is 7.56. The fourth-order valence-corrected chi connectivity index (χ4v) is 4.32. The summed E-state index contributed by atoms with van der Waals surface area (Å²) in [7, 11) is 0. The molecular formula is C26H17N5O3. The molecule has 2 N–H and O–H groups in total. The highest BCUT2D eigenvalue weighted by Gasteiger charge is 2.35. The second-order valence-corrected chi connectivity index (χ2v) is 7.84. The van der Waals surface area contributed by atoms with Crippen LogP contribution in [0.1, 0.15) is 5.56 Å². The third-order valence-corrected chi connectivity index (χ3v) is 5.83. The molecule has 0 aliphatic carbocycles. The van der Waals surface area contributed by atoms with E-state index < -0.39 is 11.8 Å². The molecule has 5 aromatic rings. The van der Waals surface area contributed by atoms with Crippen LogP contribution in [-0.4, -0.2) is 32.0 Å². The molecule has 0 unspecified atom stereocenters. The van der Waals surface area contributed by atoms with Gasteiger partial charge in [-0.05, 0) is 30.3 Å². The predicted octanol–water partition coefficient (Wildman–Crippen LogP) is 4.10. The molecule has 3 heterocycles. The average molecular weight is 447 g/mol. The normalized spacial score (nSPS) is 13.6. The summed E-state index contributed by atoms with van der Waals surface area (Å²) in [6.45, 7) is 0. The van der Waals surface area contributed by atoms with Crippen molar-refractivity contribution in [1.82, 2.24) is 19.4 Å². The summed E-state index contributed by atoms with van der Waals surface area (Å²) >= 11 is 0. The molecule has 0 radical (unpaired) electrons. The Morgan fingerprint density at radius 3 is 2.35 bits per heavy atom. The number of hydrogen-bond donors (Lipinski definition) is 2. The third kappa shape index (κ3) is 3.01. The van der Waals surface area contributed by atoms with Crippen LogP contribution in [0.5, 0.6) is 0 Å². The number of anilines is 1. The van der Waals surface area contributed by atoms with Gasteiger partial charge in [0, 0.05) is 22.8 Å². The molecule has 8 nitrogen and oxygen atoms in total. The summed E-state index contributed by atoms with van der Waals surface area (Å²) in [4.78, 5) is 43.4. The van der Waals surface area contributed by atoms with Crippen LogP contribution >= 0.6 is 0 Å². The van der Waals surface area contributed by atoms with E-state index in [1.54, 1.807) is 29.0 Å². The molecule has 8 heteroatoms. The maximum Gasteiger partial charge on any atom is 0.330 e. The average Bonchev–Trinajstić information content (AvgIpc) is 3.52. The molecule has 3 amide bonds. The standard InChI is InChI=1S/C26H17N5O3/c32-24-22(23(25(33)29-24)31-15-27-19-11-5-7-13-21(19)31)18-14-30(20-12-6-4-10-17(18)20)26(34)28-16-8-2-1-3-9-16/h1-15H,(H,28,34)(H,29,32,33). The number of imide groups is 1. The number of hydrogen-bond acceptors (Lipinski definition) is 4. The lowest BCUT2D eigenvalue weighted by Gasteiger charge is -2.07. The Hall–Kier alpha value is -4.98. The number of nitrogens with zero attached hydrogens (tertiary/aromatic N) is 3. The quantitative estimate of drug-likeness (QED) is 0.407. The van der Waals surface area contributed by atoms with Crippen molar-refractivity contribution < 1.29 is 14.4 Å². The fourth-order valence-electron chi connectivity index (χ4n) is 4.32. The molecule has 0 saturated carbocycles. The van der Waals surface area contributed by atoms with Gasteiger partial charge in [0.05, 0.1) is 22.1 Å². The maximum absolute atomic E-state index is 13.1. The number of nitrogens with one attached hydrogen (secondary N) is 2. The number of fused-ring (bicyclic) bond motifs is 2. The summed E-state index contributed by atoms with van der Waals surface area (Å²) in [6.07, 6.45) is 3.12. The third-order valence-electron chi connectivity index (χ3n) is 5.83. The van der Waals surface area contributed by atoms with Crippen molar-refractivity contribution in [3.05, 3.63) is 97.0 Å². The molecule has 1 aliphatic heterocycles. The minimum absolute atomic E-state index is 0.171. The van der Waals surface area contributed by atoms with Crippen molar-refractivity contribution in [3.63, 3.8) is 0 Å². The van der Waals surface area contributed by atoms with Crippen molar-refractivity contribution in [3.8, 4) is 0 Å². The Bertz CT molecular complexity index is 1660. The van der Waals surface area contributed by atoms with Crippen LogP contribution in [0.15, 0.2) is 91.4 Å². The van der Waals surface area contributed by atoms with Gasteiger partial charge in [0.2, 0.25) is 0 Å². The smallest absolute Gasteiger partial charge is 0.307 e. The minimum atomic E-state index is -0.524. The van der Waals surface area contributed by atoms with E-state index in [1.165, 1.54) is 10.9 Å². The van der Waals surface area contributed by atoms with Crippen molar-refractivity contribution in [2.24, 2.45) is 0 Å². The van der Waals surface area contributed by atoms with E-state index in [4.69, 9.17) is 0 Å². The van der Waals surface area contributed by atoms with Crippen molar-refractivity contribution >= 4 is 56.7 Å². The van der Waals surface area contributed by atoms with Gasteiger partial charge < -0.3 is 5.32 Å². The Labute approximate surface area is 193 Å². The summed E-state index contributed by atoms with van der Waals surface area (Å²) in [5, 5.41) is 5.94. The monoisotopic (exact) mass is 447 g/mol. The van der Waals surface area contributed by atoms with E-state index in [-0.39, 0.29) is 17.3 Å². The first kappa shape index (κ1) is 19.7. The molecule has 34 heavy (non-hydrogen) atoms. The van der Waals surface area contributed by atoms with Crippen molar-refractivity contribution in [2.45, 2.75) is 0 Å². The number of rotatable bonds is 3. The van der Waals surface area contributed by atoms with Crippen LogP contribution in [-0.2, 0) is 9.59 Å². The molecule has 0 atom stereocenters. The van der Waals surface area contributed by atoms with Crippen molar-refractivity contribution in [1.29, 1.82) is 0 Å². The van der Waals surface area contributed by atoms with Crippen LogP contribution in [0.25, 0.3) is 33.2 Å². The van der Waals surface area contributed by atoms with Crippen LogP contribution in [0.2, 0.25) is 0 Å². The Kier molecular flexibility index (Phi) is 4.38. The molecule has 164 valence electrons. The van der Waals surface area contributed by atoms with Gasteiger partial charge in [-0.25, -0.2) is 9.78 Å². The first-order valence-electron chi connectivity index (χ1n) is 10.6. The molecule has 3 aromatic carbocycles. The topological polar surface area (TPSA) is 98.0 Å². The largest absolute Gasteiger partial charge is 0.330 e. The zero-order chi connectivity index (χ0) is 23.2. The Morgan fingerprint density at radius 2 is 1.53 bits per heavy atom. The van der Waals surface area contributed by atoms with Gasteiger partial charge in [-0.2, -0.15) is 0 Å². The van der Waals surface area contributed by atoms with Gasteiger partial charge in [0.1, 0.15) is 12.0 Å². The van der Waals surface area contributed by atoms with Crippen LogP contribution in [0.3, 0.4) is 0 Å². The summed E-state index contributed by atoms with van der Waals surface area (Å²) in [5.74, 6) is -1.04. The number of carbonyl (C=O) groups excluding carboxylic acids is 3. The van der Waals surface area contributed by atoms with E-state index in [9.17, 15) is 14.4 Å². The Balaban J connectivity index is 1.56. The highest BCUT2D eigenvalue weighted by molar-refractivity contribution is 6.47. The maximum atomic E-state index is 13.1. The predicted molar refractivity (Wildman–Crippen MR) is 129 cm³/mol. The van der Waals surface area contributed by atoms with Gasteiger partial charge in [-0.1, -0.05) is 48.5 Å². The van der Waals surface area contributed by atoms with Crippen LogP contribution < -0.4 is 10.6 Å². The SMILES string of the molecule is O=C1NC(=O)C(n2cnc3ccccc32)=C1c1cn(C(=O)Nc2ccccc2)c2ccccc12. The number of amides is 3. The molecular weight excluding hydrogens is 430 g/mol. The minimum Gasteiger partial charge on any atom is -0.307 e. The lowest BCUT2D eigenvalue weighted by molar-refractivity contribution is -0.122. The van der Waals surface area contributed by atoms with E-state index in [1.807, 2.05) is 60.7 Å². The van der Waals surface area contributed by atoms with Crippen molar-refractivity contribution in [2.75, 3.05) is 5.32 Å². The molecule has 0 saturated heterocycles. The fraction of sp³-hybridized carbons (Fsp3) is 0. The zero-order valence-corrected chi connectivity index (χ0v) is 17.7. The summed E-state index contributed by atoms with van der Waals surface area (Å²) in [6, 6.07) is 23.3. The highest BCUT2D eigenvalue weighted by Crippen LogP contribution is 2.35. The second-order valence-electron chi connectivity index (χ2n) is 7.84. The van der Waals surface area contributed by atoms with Gasteiger partial charge >= 0.3 is 6.03 Å². The number of carbonyl (C=O) groups is 3. The molecule has 2 aromatic heterocycles. The molecule has 0 spiro atoms. The van der Waals surface area contributed by atoms with E-state index >= 15 is 0 Å². The van der Waals surface area contributed by atoms with E-state index in [0.717, 1.165) is 0 Å².